The summed E-state index contributed by atoms with van der Waals surface area (Å²) in [5.41, 5.74) is 0. The zero-order valence-corrected chi connectivity index (χ0v) is 11.7. The highest BCUT2D eigenvalue weighted by molar-refractivity contribution is 5.35. The number of nitrogens with zero attached hydrogens (tertiary/aromatic N) is 4. The third-order valence-corrected chi connectivity index (χ3v) is 4.43. The van der Waals surface area contributed by atoms with Crippen molar-refractivity contribution in [3.8, 4) is 0 Å². The van der Waals surface area contributed by atoms with Crippen molar-refractivity contribution in [1.82, 2.24) is 14.9 Å². The molecule has 0 bridgehead atoms. The summed E-state index contributed by atoms with van der Waals surface area (Å²) in [6.45, 7) is 4.83. The normalized spacial score (nSPS) is 26.1. The molecule has 1 aromatic rings. The summed E-state index contributed by atoms with van der Waals surface area (Å²) in [4.78, 5) is 13.8. The standard InChI is InChI=1S/C15H24N4/c1-2-4-10-18(9-3-1)14-6-5-11-19(13-14)15-12-16-7-8-17-15/h7-8,12,14H,1-6,9-11,13H2. The van der Waals surface area contributed by atoms with E-state index in [1.54, 1.807) is 12.4 Å². The van der Waals surface area contributed by atoms with E-state index < -0.39 is 0 Å². The molecule has 2 fully saturated rings. The van der Waals surface area contributed by atoms with Gasteiger partial charge in [-0.15, -0.1) is 0 Å². The van der Waals surface area contributed by atoms with Crippen molar-refractivity contribution in [1.29, 1.82) is 0 Å². The quantitative estimate of drug-likeness (QED) is 0.817. The van der Waals surface area contributed by atoms with Crippen LogP contribution in [0.25, 0.3) is 0 Å². The Kier molecular flexibility index (Phi) is 4.28. The lowest BCUT2D eigenvalue weighted by Gasteiger charge is -2.39. The van der Waals surface area contributed by atoms with E-state index in [1.807, 2.05) is 6.20 Å². The van der Waals surface area contributed by atoms with Crippen molar-refractivity contribution in [2.75, 3.05) is 31.1 Å². The van der Waals surface area contributed by atoms with Gasteiger partial charge in [-0.3, -0.25) is 9.88 Å². The molecule has 2 saturated heterocycles. The molecule has 2 aliphatic rings. The Morgan fingerprint density at radius 1 is 0.947 bits per heavy atom. The van der Waals surface area contributed by atoms with Crippen LogP contribution in [-0.4, -0.2) is 47.1 Å². The fraction of sp³-hybridized carbons (Fsp3) is 0.733. The first-order chi connectivity index (χ1) is 9.43. The van der Waals surface area contributed by atoms with Crippen LogP contribution in [-0.2, 0) is 0 Å². The predicted molar refractivity (Wildman–Crippen MR) is 77.3 cm³/mol. The Bertz CT molecular complexity index is 373. The lowest BCUT2D eigenvalue weighted by molar-refractivity contribution is 0.182. The molecule has 1 atom stereocenters. The van der Waals surface area contributed by atoms with Gasteiger partial charge in [-0.25, -0.2) is 4.98 Å². The molecule has 4 heteroatoms. The summed E-state index contributed by atoms with van der Waals surface area (Å²) >= 11 is 0. The molecule has 0 amide bonds. The monoisotopic (exact) mass is 260 g/mol. The smallest absolute Gasteiger partial charge is 0.147 e. The number of rotatable bonds is 2. The summed E-state index contributed by atoms with van der Waals surface area (Å²) in [5.74, 6) is 1.04. The SMILES string of the molecule is c1cnc(N2CCCC(N3CCCCCC3)C2)cn1. The van der Waals surface area contributed by atoms with Crippen LogP contribution in [0.1, 0.15) is 38.5 Å². The highest BCUT2D eigenvalue weighted by Crippen LogP contribution is 2.22. The highest BCUT2D eigenvalue weighted by atomic mass is 15.3. The van der Waals surface area contributed by atoms with Crippen LogP contribution in [0.4, 0.5) is 5.82 Å². The molecule has 0 radical (unpaired) electrons. The van der Waals surface area contributed by atoms with Crippen molar-refractivity contribution in [3.63, 3.8) is 0 Å². The van der Waals surface area contributed by atoms with Crippen molar-refractivity contribution < 1.29 is 0 Å². The molecule has 0 spiro atoms. The van der Waals surface area contributed by atoms with E-state index in [0.29, 0.717) is 6.04 Å². The van der Waals surface area contributed by atoms with Crippen LogP contribution in [0, 0.1) is 0 Å². The Hall–Kier alpha value is -1.16. The lowest BCUT2D eigenvalue weighted by atomic mass is 10.0. The Morgan fingerprint density at radius 2 is 1.79 bits per heavy atom. The number of hydrogen-bond donors (Lipinski definition) is 0. The van der Waals surface area contributed by atoms with Gasteiger partial charge < -0.3 is 4.90 Å². The van der Waals surface area contributed by atoms with Gasteiger partial charge in [-0.2, -0.15) is 0 Å². The summed E-state index contributed by atoms with van der Waals surface area (Å²) in [6, 6.07) is 0.717. The maximum absolute atomic E-state index is 4.45. The molecule has 0 aromatic carbocycles. The van der Waals surface area contributed by atoms with Gasteiger partial charge in [0.25, 0.3) is 0 Å². The fourth-order valence-corrected chi connectivity index (χ4v) is 3.38. The average Bonchev–Trinajstić information content (AvgIpc) is 2.77. The minimum atomic E-state index is 0.717. The van der Waals surface area contributed by atoms with E-state index in [9.17, 15) is 0 Å². The highest BCUT2D eigenvalue weighted by Gasteiger charge is 2.26. The van der Waals surface area contributed by atoms with E-state index in [1.165, 1.54) is 51.6 Å². The minimum absolute atomic E-state index is 0.717. The van der Waals surface area contributed by atoms with Crippen LogP contribution < -0.4 is 4.90 Å². The molecule has 4 nitrogen and oxygen atoms in total. The molecular formula is C15H24N4. The van der Waals surface area contributed by atoms with Crippen LogP contribution in [0.15, 0.2) is 18.6 Å². The molecule has 0 saturated carbocycles. The molecule has 0 N–H and O–H groups in total. The van der Waals surface area contributed by atoms with Crippen LogP contribution in [0.5, 0.6) is 0 Å². The number of anilines is 1. The topological polar surface area (TPSA) is 32.3 Å². The summed E-state index contributed by atoms with van der Waals surface area (Å²) in [5, 5.41) is 0. The maximum atomic E-state index is 4.45. The molecule has 19 heavy (non-hydrogen) atoms. The molecule has 3 heterocycles. The van der Waals surface area contributed by atoms with Gasteiger partial charge in [0.1, 0.15) is 5.82 Å². The summed E-state index contributed by atoms with van der Waals surface area (Å²) < 4.78 is 0. The van der Waals surface area contributed by atoms with Gasteiger partial charge in [0, 0.05) is 31.5 Å². The third-order valence-electron chi connectivity index (χ3n) is 4.43. The first-order valence-corrected chi connectivity index (χ1v) is 7.68. The number of likely N-dealkylation sites (tertiary alicyclic amines) is 1. The average molecular weight is 260 g/mol. The van der Waals surface area contributed by atoms with Crippen molar-refractivity contribution in [2.45, 2.75) is 44.6 Å². The fourth-order valence-electron chi connectivity index (χ4n) is 3.38. The van der Waals surface area contributed by atoms with Crippen molar-refractivity contribution in [2.24, 2.45) is 0 Å². The van der Waals surface area contributed by atoms with Gasteiger partial charge in [0.2, 0.25) is 0 Å². The van der Waals surface area contributed by atoms with E-state index in [2.05, 4.69) is 19.8 Å². The second-order valence-electron chi connectivity index (χ2n) is 5.76. The zero-order valence-electron chi connectivity index (χ0n) is 11.7. The minimum Gasteiger partial charge on any atom is -0.354 e. The van der Waals surface area contributed by atoms with E-state index in [-0.39, 0.29) is 0 Å². The molecule has 1 unspecified atom stereocenters. The largest absolute Gasteiger partial charge is 0.354 e. The van der Waals surface area contributed by atoms with Crippen molar-refractivity contribution >= 4 is 5.82 Å². The molecule has 1 aromatic heterocycles. The van der Waals surface area contributed by atoms with Gasteiger partial charge in [0.05, 0.1) is 6.20 Å². The third kappa shape index (κ3) is 3.24. The number of piperidine rings is 1. The molecule has 3 rings (SSSR count). The first kappa shape index (κ1) is 12.9. The molecule has 0 aliphatic carbocycles. The Labute approximate surface area is 115 Å². The number of hydrogen-bond acceptors (Lipinski definition) is 4. The predicted octanol–water partition coefficient (Wildman–Crippen LogP) is 2.32. The second kappa shape index (κ2) is 6.33. The molecular weight excluding hydrogens is 236 g/mol. The Balaban J connectivity index is 1.64. The summed E-state index contributed by atoms with van der Waals surface area (Å²) in [7, 11) is 0. The molecule has 2 aliphatic heterocycles. The van der Waals surface area contributed by atoms with Crippen LogP contribution in [0.2, 0.25) is 0 Å². The van der Waals surface area contributed by atoms with E-state index in [0.717, 1.165) is 18.9 Å². The second-order valence-corrected chi connectivity index (χ2v) is 5.76. The van der Waals surface area contributed by atoms with Gasteiger partial charge in [-0.1, -0.05) is 12.8 Å². The van der Waals surface area contributed by atoms with E-state index >= 15 is 0 Å². The lowest BCUT2D eigenvalue weighted by Crippen LogP contribution is -2.48. The number of aromatic nitrogens is 2. The van der Waals surface area contributed by atoms with E-state index in [4.69, 9.17) is 0 Å². The first-order valence-electron chi connectivity index (χ1n) is 7.68. The Morgan fingerprint density at radius 3 is 2.53 bits per heavy atom. The van der Waals surface area contributed by atoms with Gasteiger partial charge >= 0.3 is 0 Å². The zero-order chi connectivity index (χ0) is 12.9. The summed E-state index contributed by atoms with van der Waals surface area (Å²) in [6.07, 6.45) is 13.6. The van der Waals surface area contributed by atoms with Crippen LogP contribution >= 0.6 is 0 Å². The molecule has 104 valence electrons. The van der Waals surface area contributed by atoms with Crippen molar-refractivity contribution in [3.05, 3.63) is 18.6 Å². The maximum Gasteiger partial charge on any atom is 0.147 e. The van der Waals surface area contributed by atoms with Crippen LogP contribution in [0.3, 0.4) is 0 Å². The van der Waals surface area contributed by atoms with Gasteiger partial charge in [0.15, 0.2) is 0 Å². The van der Waals surface area contributed by atoms with Gasteiger partial charge in [-0.05, 0) is 38.8 Å².